The molecule has 0 atom stereocenters. The highest BCUT2D eigenvalue weighted by Gasteiger charge is 2.06. The summed E-state index contributed by atoms with van der Waals surface area (Å²) in [5.74, 6) is 0.877. The standard InChI is InChI=1S/C15H22ClNO/c1-5-12(4)10-18-15-7-6-14(16)8-13(15)9-17-11(2)3/h6-8,11,17H,4-5,9-10H2,1-3H3. The molecule has 0 bridgehead atoms. The molecule has 1 rings (SSSR count). The molecule has 0 unspecified atom stereocenters. The topological polar surface area (TPSA) is 21.3 Å². The fourth-order valence-corrected chi connectivity index (χ4v) is 1.62. The normalized spacial score (nSPS) is 10.7. The van der Waals surface area contributed by atoms with Gasteiger partial charge in [0.05, 0.1) is 0 Å². The Morgan fingerprint density at radius 1 is 1.44 bits per heavy atom. The average Bonchev–Trinajstić information content (AvgIpc) is 2.34. The van der Waals surface area contributed by atoms with Crippen LogP contribution in [0.2, 0.25) is 5.02 Å². The molecule has 0 aliphatic rings. The highest BCUT2D eigenvalue weighted by molar-refractivity contribution is 6.30. The average molecular weight is 268 g/mol. The van der Waals surface area contributed by atoms with Gasteiger partial charge in [-0.2, -0.15) is 0 Å². The Morgan fingerprint density at radius 3 is 2.78 bits per heavy atom. The molecule has 0 spiro atoms. The summed E-state index contributed by atoms with van der Waals surface area (Å²) in [5.41, 5.74) is 2.17. The summed E-state index contributed by atoms with van der Waals surface area (Å²) in [5, 5.41) is 4.10. The van der Waals surface area contributed by atoms with Gasteiger partial charge < -0.3 is 10.1 Å². The van der Waals surface area contributed by atoms with Crippen molar-refractivity contribution in [2.75, 3.05) is 6.61 Å². The SMILES string of the molecule is C=C(CC)COc1ccc(Cl)cc1CNC(C)C. The highest BCUT2D eigenvalue weighted by Crippen LogP contribution is 2.23. The van der Waals surface area contributed by atoms with Crippen LogP contribution in [0.4, 0.5) is 0 Å². The van der Waals surface area contributed by atoms with Crippen molar-refractivity contribution in [1.29, 1.82) is 0 Å². The van der Waals surface area contributed by atoms with Crippen molar-refractivity contribution in [3.8, 4) is 5.75 Å². The molecule has 0 heterocycles. The third kappa shape index (κ3) is 5.11. The van der Waals surface area contributed by atoms with Crippen molar-refractivity contribution in [2.24, 2.45) is 0 Å². The Balaban J connectivity index is 2.72. The van der Waals surface area contributed by atoms with E-state index in [0.717, 1.165) is 34.9 Å². The van der Waals surface area contributed by atoms with Crippen molar-refractivity contribution < 1.29 is 4.74 Å². The summed E-state index contributed by atoms with van der Waals surface area (Å²) >= 11 is 6.02. The number of ether oxygens (including phenoxy) is 1. The predicted octanol–water partition coefficient (Wildman–Crippen LogP) is 4.18. The Bertz CT molecular complexity index is 401. The van der Waals surface area contributed by atoms with E-state index < -0.39 is 0 Å². The van der Waals surface area contributed by atoms with E-state index in [1.165, 1.54) is 0 Å². The number of hydrogen-bond acceptors (Lipinski definition) is 2. The zero-order chi connectivity index (χ0) is 13.5. The van der Waals surface area contributed by atoms with Crippen LogP contribution in [0.3, 0.4) is 0 Å². The second kappa shape index (κ2) is 7.45. The van der Waals surface area contributed by atoms with Gasteiger partial charge in [0.1, 0.15) is 12.4 Å². The molecule has 3 heteroatoms. The molecular formula is C15H22ClNO. The third-order valence-electron chi connectivity index (χ3n) is 2.66. The van der Waals surface area contributed by atoms with Gasteiger partial charge >= 0.3 is 0 Å². The Kier molecular flexibility index (Phi) is 6.23. The van der Waals surface area contributed by atoms with Crippen LogP contribution in [-0.4, -0.2) is 12.6 Å². The molecule has 0 aliphatic heterocycles. The molecular weight excluding hydrogens is 246 g/mol. The number of rotatable bonds is 7. The van der Waals surface area contributed by atoms with Crippen LogP contribution in [0.1, 0.15) is 32.8 Å². The number of hydrogen-bond donors (Lipinski definition) is 1. The molecule has 18 heavy (non-hydrogen) atoms. The van der Waals surface area contributed by atoms with E-state index in [9.17, 15) is 0 Å². The number of benzene rings is 1. The van der Waals surface area contributed by atoms with Crippen molar-refractivity contribution in [2.45, 2.75) is 39.8 Å². The minimum Gasteiger partial charge on any atom is -0.489 e. The van der Waals surface area contributed by atoms with Crippen molar-refractivity contribution in [1.82, 2.24) is 5.32 Å². The van der Waals surface area contributed by atoms with Gasteiger partial charge in [-0.3, -0.25) is 0 Å². The maximum atomic E-state index is 6.02. The zero-order valence-electron chi connectivity index (χ0n) is 11.4. The Labute approximate surface area is 115 Å². The molecule has 0 saturated heterocycles. The van der Waals surface area contributed by atoms with E-state index in [2.05, 4.69) is 32.7 Å². The van der Waals surface area contributed by atoms with Gasteiger partial charge in [-0.25, -0.2) is 0 Å². The molecule has 0 aliphatic carbocycles. The van der Waals surface area contributed by atoms with Crippen molar-refractivity contribution in [3.63, 3.8) is 0 Å². The lowest BCUT2D eigenvalue weighted by Gasteiger charge is -2.14. The maximum absolute atomic E-state index is 6.02. The maximum Gasteiger partial charge on any atom is 0.124 e. The van der Waals surface area contributed by atoms with Crippen molar-refractivity contribution >= 4 is 11.6 Å². The van der Waals surface area contributed by atoms with E-state index in [0.29, 0.717) is 12.6 Å². The first-order valence-corrected chi connectivity index (χ1v) is 6.72. The molecule has 0 aromatic heterocycles. The fraction of sp³-hybridized carbons (Fsp3) is 0.467. The van der Waals surface area contributed by atoms with Crippen LogP contribution in [0.25, 0.3) is 0 Å². The number of nitrogens with one attached hydrogen (secondary N) is 1. The van der Waals surface area contributed by atoms with Gasteiger partial charge in [0.15, 0.2) is 0 Å². The molecule has 1 aromatic carbocycles. The van der Waals surface area contributed by atoms with Crippen LogP contribution < -0.4 is 10.1 Å². The zero-order valence-corrected chi connectivity index (χ0v) is 12.2. The first kappa shape index (κ1) is 15.1. The largest absolute Gasteiger partial charge is 0.489 e. The van der Waals surface area contributed by atoms with Crippen LogP contribution in [-0.2, 0) is 6.54 Å². The smallest absolute Gasteiger partial charge is 0.124 e. The third-order valence-corrected chi connectivity index (χ3v) is 2.89. The van der Waals surface area contributed by atoms with Gasteiger partial charge in [-0.15, -0.1) is 0 Å². The quantitative estimate of drug-likeness (QED) is 0.748. The van der Waals surface area contributed by atoms with Gasteiger partial charge in [0, 0.05) is 23.2 Å². The molecule has 100 valence electrons. The van der Waals surface area contributed by atoms with Gasteiger partial charge in [-0.05, 0) is 30.2 Å². The minimum atomic E-state index is 0.433. The Hall–Kier alpha value is -0.990. The van der Waals surface area contributed by atoms with Crippen molar-refractivity contribution in [3.05, 3.63) is 40.9 Å². The fourth-order valence-electron chi connectivity index (χ4n) is 1.42. The molecule has 0 amide bonds. The van der Waals surface area contributed by atoms with E-state index >= 15 is 0 Å². The molecule has 1 aromatic rings. The minimum absolute atomic E-state index is 0.433. The van der Waals surface area contributed by atoms with Gasteiger partial charge in [0.25, 0.3) is 0 Å². The molecule has 0 radical (unpaired) electrons. The molecule has 2 nitrogen and oxygen atoms in total. The first-order valence-electron chi connectivity index (χ1n) is 6.34. The lowest BCUT2D eigenvalue weighted by atomic mass is 10.2. The summed E-state index contributed by atoms with van der Waals surface area (Å²) in [6.07, 6.45) is 0.938. The summed E-state index contributed by atoms with van der Waals surface area (Å²) in [7, 11) is 0. The van der Waals surface area contributed by atoms with E-state index in [1.807, 2.05) is 18.2 Å². The van der Waals surface area contributed by atoms with E-state index in [-0.39, 0.29) is 0 Å². The summed E-state index contributed by atoms with van der Waals surface area (Å²) in [4.78, 5) is 0. The van der Waals surface area contributed by atoms with Crippen LogP contribution in [0, 0.1) is 0 Å². The molecule has 0 saturated carbocycles. The van der Waals surface area contributed by atoms with Crippen LogP contribution in [0.5, 0.6) is 5.75 Å². The lowest BCUT2D eigenvalue weighted by Crippen LogP contribution is -2.22. The Morgan fingerprint density at radius 2 is 2.17 bits per heavy atom. The highest BCUT2D eigenvalue weighted by atomic mass is 35.5. The first-order chi connectivity index (χ1) is 8.52. The number of halogens is 1. The van der Waals surface area contributed by atoms with Gasteiger partial charge in [-0.1, -0.05) is 39.0 Å². The predicted molar refractivity (Wildman–Crippen MR) is 78.4 cm³/mol. The summed E-state index contributed by atoms with van der Waals surface area (Å²) < 4.78 is 5.78. The molecule has 1 N–H and O–H groups in total. The molecule has 0 fully saturated rings. The lowest BCUT2D eigenvalue weighted by molar-refractivity contribution is 0.343. The second-order valence-electron chi connectivity index (χ2n) is 4.68. The summed E-state index contributed by atoms with van der Waals surface area (Å²) in [6.45, 7) is 11.6. The second-order valence-corrected chi connectivity index (χ2v) is 5.12. The van der Waals surface area contributed by atoms with E-state index in [4.69, 9.17) is 16.3 Å². The van der Waals surface area contributed by atoms with Crippen LogP contribution >= 0.6 is 11.6 Å². The van der Waals surface area contributed by atoms with Gasteiger partial charge in [0.2, 0.25) is 0 Å². The van der Waals surface area contributed by atoms with Crippen LogP contribution in [0.15, 0.2) is 30.4 Å². The monoisotopic (exact) mass is 267 g/mol. The van der Waals surface area contributed by atoms with E-state index in [1.54, 1.807) is 0 Å². The summed E-state index contributed by atoms with van der Waals surface area (Å²) in [6, 6.07) is 6.15.